The molecule has 0 N–H and O–H groups in total. The van der Waals surface area contributed by atoms with Crippen molar-refractivity contribution in [2.75, 3.05) is 21.3 Å². The van der Waals surface area contributed by atoms with Crippen LogP contribution in [0.25, 0.3) is 0 Å². The van der Waals surface area contributed by atoms with E-state index >= 15 is 0 Å². The average molecular weight is 275 g/mol. The number of methoxy groups -OCH3 is 3. The predicted molar refractivity (Wildman–Crippen MR) is 60.1 cm³/mol. The van der Waals surface area contributed by atoms with Gasteiger partial charge in [0.1, 0.15) is 0 Å². The monoisotopic (exact) mass is 274 g/mol. The summed E-state index contributed by atoms with van der Waals surface area (Å²) in [5.41, 5.74) is -0.280. The van der Waals surface area contributed by atoms with Crippen LogP contribution in [0.1, 0.15) is 0 Å². The zero-order chi connectivity index (χ0) is 11.4. The average Bonchev–Trinajstić information content (AvgIpc) is 2.37. The molecular weight excluding hydrogens is 264 g/mol. The highest BCUT2D eigenvalue weighted by atomic mass is 79.9. The molecule has 0 atom stereocenters. The maximum atomic E-state index is 11.7. The molecule has 0 spiro atoms. The lowest BCUT2D eigenvalue weighted by Gasteiger charge is -2.06. The van der Waals surface area contributed by atoms with Crippen LogP contribution in [0.4, 0.5) is 0 Å². The van der Waals surface area contributed by atoms with Gasteiger partial charge < -0.3 is 14.2 Å². The first-order chi connectivity index (χ1) is 7.15. The van der Waals surface area contributed by atoms with Gasteiger partial charge in [0.05, 0.1) is 25.8 Å². The number of halogens is 1. The molecular formula is C10H11BrO4. The summed E-state index contributed by atoms with van der Waals surface area (Å²) in [6.07, 6.45) is 0. The second-order valence-corrected chi connectivity index (χ2v) is 3.50. The van der Waals surface area contributed by atoms with Crippen LogP contribution < -0.4 is 19.6 Å². The van der Waals surface area contributed by atoms with Gasteiger partial charge in [0.25, 0.3) is 0 Å². The highest BCUT2D eigenvalue weighted by Crippen LogP contribution is 2.33. The quantitative estimate of drug-likeness (QED) is 0.844. The first-order valence-corrected chi connectivity index (χ1v) is 4.93. The fraction of sp³-hybridized carbons (Fsp3) is 0.300. The third-order valence-electron chi connectivity index (χ3n) is 1.86. The Labute approximate surface area is 95.9 Å². The number of hydrogen-bond acceptors (Lipinski definition) is 4. The van der Waals surface area contributed by atoms with Crippen molar-refractivity contribution in [2.24, 2.45) is 0 Å². The standard InChI is InChI=1S/C10H11BrO4/c1-13-7-5-4-6(11)8(12)10(15-3)9(7)14-2/h4-5H,1-3H3. The Morgan fingerprint density at radius 1 is 1.00 bits per heavy atom. The first-order valence-electron chi connectivity index (χ1n) is 4.14. The van der Waals surface area contributed by atoms with E-state index in [1.54, 1.807) is 12.1 Å². The van der Waals surface area contributed by atoms with Crippen LogP contribution in [-0.4, -0.2) is 21.3 Å². The molecule has 4 nitrogen and oxygen atoms in total. The van der Waals surface area contributed by atoms with E-state index in [-0.39, 0.29) is 16.9 Å². The van der Waals surface area contributed by atoms with Crippen molar-refractivity contribution in [1.29, 1.82) is 0 Å². The van der Waals surface area contributed by atoms with Crippen LogP contribution >= 0.6 is 15.9 Å². The second kappa shape index (κ2) is 5.02. The van der Waals surface area contributed by atoms with Crippen molar-refractivity contribution in [3.8, 4) is 17.2 Å². The molecule has 0 aliphatic rings. The van der Waals surface area contributed by atoms with Gasteiger partial charge in [-0.2, -0.15) is 0 Å². The summed E-state index contributed by atoms with van der Waals surface area (Å²) < 4.78 is 15.6. The smallest absolute Gasteiger partial charge is 0.238 e. The predicted octanol–water partition coefficient (Wildman–Crippen LogP) is 1.84. The van der Waals surface area contributed by atoms with Crippen LogP contribution in [0.2, 0.25) is 0 Å². The molecule has 1 aromatic rings. The zero-order valence-corrected chi connectivity index (χ0v) is 10.3. The SMILES string of the molecule is COc1ccc(Br)c(=O)c(OC)c1OC. The van der Waals surface area contributed by atoms with E-state index in [0.717, 1.165) is 0 Å². The third-order valence-corrected chi connectivity index (χ3v) is 2.49. The van der Waals surface area contributed by atoms with Gasteiger partial charge in [-0.1, -0.05) is 0 Å². The van der Waals surface area contributed by atoms with Crippen molar-refractivity contribution in [2.45, 2.75) is 0 Å². The lowest BCUT2D eigenvalue weighted by atomic mass is 10.4. The second-order valence-electron chi connectivity index (χ2n) is 2.65. The van der Waals surface area contributed by atoms with E-state index in [1.165, 1.54) is 21.3 Å². The highest BCUT2D eigenvalue weighted by Gasteiger charge is 2.14. The van der Waals surface area contributed by atoms with Gasteiger partial charge >= 0.3 is 0 Å². The van der Waals surface area contributed by atoms with Crippen LogP contribution in [0.15, 0.2) is 21.4 Å². The molecule has 0 bridgehead atoms. The van der Waals surface area contributed by atoms with Crippen LogP contribution in [0.3, 0.4) is 0 Å². The van der Waals surface area contributed by atoms with E-state index in [9.17, 15) is 4.79 Å². The molecule has 0 heterocycles. The van der Waals surface area contributed by atoms with E-state index < -0.39 is 0 Å². The van der Waals surface area contributed by atoms with Gasteiger partial charge in [-0.05, 0) is 28.1 Å². The van der Waals surface area contributed by atoms with Gasteiger partial charge in [0.2, 0.25) is 16.9 Å². The lowest BCUT2D eigenvalue weighted by Crippen LogP contribution is -2.04. The summed E-state index contributed by atoms with van der Waals surface area (Å²) >= 11 is 3.14. The Bertz CT molecular complexity index is 417. The summed E-state index contributed by atoms with van der Waals surface area (Å²) in [6.45, 7) is 0. The van der Waals surface area contributed by atoms with Crippen molar-refractivity contribution in [3.63, 3.8) is 0 Å². The van der Waals surface area contributed by atoms with E-state index in [0.29, 0.717) is 10.2 Å². The van der Waals surface area contributed by atoms with Crippen LogP contribution in [0.5, 0.6) is 17.2 Å². The molecule has 0 unspecified atom stereocenters. The lowest BCUT2D eigenvalue weighted by molar-refractivity contribution is 0.324. The molecule has 1 rings (SSSR count). The van der Waals surface area contributed by atoms with Crippen molar-refractivity contribution >= 4 is 15.9 Å². The first kappa shape index (κ1) is 11.8. The fourth-order valence-electron chi connectivity index (χ4n) is 1.16. The molecule has 0 saturated heterocycles. The minimum atomic E-state index is -0.280. The van der Waals surface area contributed by atoms with Crippen molar-refractivity contribution in [3.05, 3.63) is 26.8 Å². The molecule has 82 valence electrons. The number of rotatable bonds is 3. The molecule has 0 amide bonds. The van der Waals surface area contributed by atoms with Crippen molar-refractivity contribution < 1.29 is 14.2 Å². The largest absolute Gasteiger partial charge is 0.493 e. The van der Waals surface area contributed by atoms with Gasteiger partial charge in [-0.25, -0.2) is 0 Å². The van der Waals surface area contributed by atoms with E-state index in [2.05, 4.69) is 15.9 Å². The summed E-state index contributed by atoms with van der Waals surface area (Å²) in [5, 5.41) is 0. The molecule has 15 heavy (non-hydrogen) atoms. The van der Waals surface area contributed by atoms with E-state index in [4.69, 9.17) is 14.2 Å². The summed E-state index contributed by atoms with van der Waals surface area (Å²) in [4.78, 5) is 11.7. The molecule has 1 aromatic carbocycles. The van der Waals surface area contributed by atoms with E-state index in [1.807, 2.05) is 0 Å². The Morgan fingerprint density at radius 2 is 1.60 bits per heavy atom. The molecule has 0 aromatic heterocycles. The van der Waals surface area contributed by atoms with Gasteiger partial charge in [-0.15, -0.1) is 0 Å². The molecule has 5 heteroatoms. The summed E-state index contributed by atoms with van der Waals surface area (Å²) in [6, 6.07) is 3.22. The van der Waals surface area contributed by atoms with Gasteiger partial charge in [-0.3, -0.25) is 4.79 Å². The summed E-state index contributed by atoms with van der Waals surface area (Å²) in [5.74, 6) is 0.846. The number of hydrogen-bond donors (Lipinski definition) is 0. The fourth-order valence-corrected chi connectivity index (χ4v) is 1.48. The summed E-state index contributed by atoms with van der Waals surface area (Å²) in [7, 11) is 4.36. The molecule has 0 radical (unpaired) electrons. The topological polar surface area (TPSA) is 44.8 Å². The highest BCUT2D eigenvalue weighted by molar-refractivity contribution is 9.10. The Hall–Kier alpha value is -1.23. The maximum Gasteiger partial charge on any atom is 0.238 e. The Kier molecular flexibility index (Phi) is 3.96. The Balaban J connectivity index is 3.65. The van der Waals surface area contributed by atoms with Crippen LogP contribution in [0, 0.1) is 0 Å². The molecule has 0 fully saturated rings. The zero-order valence-electron chi connectivity index (χ0n) is 8.67. The maximum absolute atomic E-state index is 11.7. The van der Waals surface area contributed by atoms with Crippen molar-refractivity contribution in [1.82, 2.24) is 0 Å². The Morgan fingerprint density at radius 3 is 2.07 bits per heavy atom. The number of ether oxygens (including phenoxy) is 3. The minimum absolute atomic E-state index is 0.117. The van der Waals surface area contributed by atoms with Gasteiger partial charge in [0.15, 0.2) is 5.75 Å². The molecule has 0 aliphatic heterocycles. The molecule has 0 aliphatic carbocycles. The third kappa shape index (κ3) is 2.23. The van der Waals surface area contributed by atoms with Gasteiger partial charge in [0, 0.05) is 0 Å². The normalized spacial score (nSPS) is 9.60. The van der Waals surface area contributed by atoms with Crippen LogP contribution in [-0.2, 0) is 0 Å². The minimum Gasteiger partial charge on any atom is -0.493 e. The molecule has 0 saturated carbocycles.